The Morgan fingerprint density at radius 3 is 2.86 bits per heavy atom. The molecule has 0 unspecified atom stereocenters. The van der Waals surface area contributed by atoms with E-state index in [0.717, 1.165) is 0 Å². The van der Waals surface area contributed by atoms with E-state index >= 15 is 0 Å². The van der Waals surface area contributed by atoms with E-state index in [0.29, 0.717) is 18.1 Å². The first-order valence-corrected chi connectivity index (χ1v) is 4.39. The first-order valence-electron chi connectivity index (χ1n) is 4.39. The van der Waals surface area contributed by atoms with Crippen molar-refractivity contribution in [1.82, 2.24) is 15.5 Å². The fourth-order valence-corrected chi connectivity index (χ4v) is 0.880. The molecular formula is C8H13N3O3. The number of nitrogens with one attached hydrogen (secondary N) is 1. The Hall–Kier alpha value is -1.59. The monoisotopic (exact) mass is 199 g/mol. The molecule has 1 rings (SSSR count). The third-order valence-electron chi connectivity index (χ3n) is 1.62. The minimum atomic E-state index is -1.05. The Bertz CT molecular complexity index is 309. The molecule has 1 aromatic heterocycles. The zero-order valence-corrected chi connectivity index (χ0v) is 8.15. The number of nitrogens with zero attached hydrogens (tertiary/aromatic N) is 2. The van der Waals surface area contributed by atoms with Gasteiger partial charge in [-0.25, -0.2) is 4.79 Å². The molecule has 0 aliphatic heterocycles. The van der Waals surface area contributed by atoms with E-state index in [4.69, 9.17) is 9.63 Å². The minimum absolute atomic E-state index is 0.222. The number of aromatic nitrogens is 2. The second-order valence-corrected chi connectivity index (χ2v) is 3.18. The molecule has 14 heavy (non-hydrogen) atoms. The highest BCUT2D eigenvalue weighted by Gasteiger charge is 2.09. The molecule has 0 aromatic carbocycles. The highest BCUT2D eigenvalue weighted by Crippen LogP contribution is 2.09. The van der Waals surface area contributed by atoms with E-state index in [1.165, 1.54) is 0 Å². The second kappa shape index (κ2) is 4.59. The maximum Gasteiger partial charge on any atom is 0.404 e. The van der Waals surface area contributed by atoms with E-state index in [1.807, 2.05) is 13.8 Å². The Morgan fingerprint density at radius 1 is 1.64 bits per heavy atom. The summed E-state index contributed by atoms with van der Waals surface area (Å²) in [5, 5.41) is 14.3. The maximum atomic E-state index is 10.1. The van der Waals surface area contributed by atoms with Crippen molar-refractivity contribution in [3.8, 4) is 0 Å². The summed E-state index contributed by atoms with van der Waals surface area (Å²) in [4.78, 5) is 14.2. The second-order valence-electron chi connectivity index (χ2n) is 3.18. The van der Waals surface area contributed by atoms with Crippen LogP contribution in [0.1, 0.15) is 31.5 Å². The topological polar surface area (TPSA) is 88.2 Å². The molecule has 0 fully saturated rings. The lowest BCUT2D eigenvalue weighted by Gasteiger charge is -1.95. The van der Waals surface area contributed by atoms with Crippen LogP contribution in [0, 0.1) is 0 Å². The Labute approximate surface area is 81.3 Å². The Morgan fingerprint density at radius 2 is 2.36 bits per heavy atom. The third kappa shape index (κ3) is 3.04. The van der Waals surface area contributed by atoms with Crippen LogP contribution in [0.4, 0.5) is 4.79 Å². The molecule has 0 saturated heterocycles. The summed E-state index contributed by atoms with van der Waals surface area (Å²) in [6, 6.07) is 0. The quantitative estimate of drug-likeness (QED) is 0.755. The van der Waals surface area contributed by atoms with Gasteiger partial charge < -0.3 is 14.9 Å². The van der Waals surface area contributed by atoms with Crippen molar-refractivity contribution in [2.45, 2.75) is 26.2 Å². The average Bonchev–Trinajstić information content (AvgIpc) is 2.52. The summed E-state index contributed by atoms with van der Waals surface area (Å²) >= 11 is 0. The van der Waals surface area contributed by atoms with Gasteiger partial charge in [-0.1, -0.05) is 19.0 Å². The van der Waals surface area contributed by atoms with Crippen molar-refractivity contribution in [3.05, 3.63) is 11.7 Å². The predicted molar refractivity (Wildman–Crippen MR) is 48.1 cm³/mol. The number of hydrogen-bond donors (Lipinski definition) is 2. The number of carboxylic acid groups (broad SMARTS) is 1. The highest BCUT2D eigenvalue weighted by molar-refractivity contribution is 5.64. The number of carbonyl (C=O) groups is 1. The molecule has 6 nitrogen and oxygen atoms in total. The summed E-state index contributed by atoms with van der Waals surface area (Å²) in [6.07, 6.45) is -0.625. The molecule has 0 aliphatic carbocycles. The van der Waals surface area contributed by atoms with Crippen LogP contribution in [0.15, 0.2) is 4.52 Å². The molecule has 0 bridgehead atoms. The lowest BCUT2D eigenvalue weighted by Crippen LogP contribution is -2.23. The van der Waals surface area contributed by atoms with Gasteiger partial charge in [0.1, 0.15) is 0 Å². The van der Waals surface area contributed by atoms with Gasteiger partial charge in [-0.05, 0) is 0 Å². The van der Waals surface area contributed by atoms with Gasteiger partial charge in [0, 0.05) is 18.9 Å². The molecule has 1 aromatic rings. The van der Waals surface area contributed by atoms with Crippen LogP contribution in [0.3, 0.4) is 0 Å². The molecule has 0 aliphatic rings. The lowest BCUT2D eigenvalue weighted by molar-refractivity contribution is 0.194. The van der Waals surface area contributed by atoms with Gasteiger partial charge in [-0.2, -0.15) is 4.98 Å². The van der Waals surface area contributed by atoms with Gasteiger partial charge in [0.2, 0.25) is 5.89 Å². The molecule has 0 spiro atoms. The molecule has 2 N–H and O–H groups in total. The largest absolute Gasteiger partial charge is 0.465 e. The number of hydrogen-bond acceptors (Lipinski definition) is 4. The SMILES string of the molecule is CC(C)c1noc(CCNC(=O)O)n1. The molecule has 78 valence electrons. The number of rotatable bonds is 4. The normalized spacial score (nSPS) is 10.5. The van der Waals surface area contributed by atoms with E-state index in [-0.39, 0.29) is 12.5 Å². The summed E-state index contributed by atoms with van der Waals surface area (Å²) in [5.74, 6) is 1.33. The van der Waals surface area contributed by atoms with Crippen LogP contribution in [0.5, 0.6) is 0 Å². The summed E-state index contributed by atoms with van der Waals surface area (Å²) < 4.78 is 4.91. The van der Waals surface area contributed by atoms with E-state index in [1.54, 1.807) is 0 Å². The van der Waals surface area contributed by atoms with E-state index in [2.05, 4.69) is 15.5 Å². The molecule has 0 radical (unpaired) electrons. The third-order valence-corrected chi connectivity index (χ3v) is 1.62. The number of amides is 1. The standard InChI is InChI=1S/C8H13N3O3/c1-5(2)7-10-6(14-11-7)3-4-9-8(12)13/h5,9H,3-4H2,1-2H3,(H,12,13). The zero-order chi connectivity index (χ0) is 10.6. The first-order chi connectivity index (χ1) is 6.59. The van der Waals surface area contributed by atoms with Crippen molar-refractivity contribution in [2.75, 3.05) is 6.54 Å². The van der Waals surface area contributed by atoms with Gasteiger partial charge in [-0.3, -0.25) is 0 Å². The molecular weight excluding hydrogens is 186 g/mol. The van der Waals surface area contributed by atoms with Gasteiger partial charge in [0.15, 0.2) is 5.82 Å². The fraction of sp³-hybridized carbons (Fsp3) is 0.625. The Balaban J connectivity index is 2.40. The first kappa shape index (κ1) is 10.5. The van der Waals surface area contributed by atoms with Crippen molar-refractivity contribution < 1.29 is 14.4 Å². The molecule has 6 heteroatoms. The zero-order valence-electron chi connectivity index (χ0n) is 8.15. The van der Waals surface area contributed by atoms with Crippen LogP contribution in [-0.2, 0) is 6.42 Å². The average molecular weight is 199 g/mol. The van der Waals surface area contributed by atoms with Crippen LogP contribution >= 0.6 is 0 Å². The molecule has 1 heterocycles. The maximum absolute atomic E-state index is 10.1. The lowest BCUT2D eigenvalue weighted by atomic mass is 10.2. The van der Waals surface area contributed by atoms with E-state index in [9.17, 15) is 4.79 Å². The van der Waals surface area contributed by atoms with Crippen LogP contribution in [0.25, 0.3) is 0 Å². The Kier molecular flexibility index (Phi) is 3.44. The molecule has 0 atom stereocenters. The molecule has 0 saturated carbocycles. The van der Waals surface area contributed by atoms with Crippen molar-refractivity contribution in [2.24, 2.45) is 0 Å². The molecule has 1 amide bonds. The van der Waals surface area contributed by atoms with Crippen molar-refractivity contribution in [1.29, 1.82) is 0 Å². The van der Waals surface area contributed by atoms with Crippen LogP contribution in [0.2, 0.25) is 0 Å². The van der Waals surface area contributed by atoms with Gasteiger partial charge in [0.05, 0.1) is 0 Å². The predicted octanol–water partition coefficient (Wildman–Crippen LogP) is 1.00. The van der Waals surface area contributed by atoms with Crippen molar-refractivity contribution in [3.63, 3.8) is 0 Å². The van der Waals surface area contributed by atoms with Crippen molar-refractivity contribution >= 4 is 6.09 Å². The summed E-state index contributed by atoms with van der Waals surface area (Å²) in [6.45, 7) is 4.21. The minimum Gasteiger partial charge on any atom is -0.465 e. The summed E-state index contributed by atoms with van der Waals surface area (Å²) in [5.41, 5.74) is 0. The van der Waals surface area contributed by atoms with E-state index < -0.39 is 6.09 Å². The van der Waals surface area contributed by atoms with Gasteiger partial charge >= 0.3 is 6.09 Å². The van der Waals surface area contributed by atoms with Crippen LogP contribution < -0.4 is 5.32 Å². The summed E-state index contributed by atoms with van der Waals surface area (Å²) in [7, 11) is 0. The smallest absolute Gasteiger partial charge is 0.404 e. The van der Waals surface area contributed by atoms with Gasteiger partial charge in [0.25, 0.3) is 0 Å². The highest BCUT2D eigenvalue weighted by atomic mass is 16.5. The van der Waals surface area contributed by atoms with Gasteiger partial charge in [-0.15, -0.1) is 0 Å². The fourth-order valence-electron chi connectivity index (χ4n) is 0.880. The van der Waals surface area contributed by atoms with Crippen LogP contribution in [-0.4, -0.2) is 27.9 Å².